The molecular weight excluding hydrogens is 482 g/mol. The van der Waals surface area contributed by atoms with E-state index in [9.17, 15) is 30.8 Å². The van der Waals surface area contributed by atoms with Crippen molar-refractivity contribution in [2.75, 3.05) is 12.3 Å². The van der Waals surface area contributed by atoms with Gasteiger partial charge in [0.25, 0.3) is 0 Å². The molecular formula is C21H27F4N3O5S. The number of nitriles is 1. The highest BCUT2D eigenvalue weighted by Crippen LogP contribution is 2.27. The first-order valence-corrected chi connectivity index (χ1v) is 11.9. The normalized spacial score (nSPS) is 19.5. The van der Waals surface area contributed by atoms with Crippen molar-refractivity contribution in [2.45, 2.75) is 62.3 Å². The van der Waals surface area contributed by atoms with Gasteiger partial charge < -0.3 is 15.7 Å². The van der Waals surface area contributed by atoms with Gasteiger partial charge in [-0.15, -0.1) is 0 Å². The summed E-state index contributed by atoms with van der Waals surface area (Å²) in [4.78, 5) is 22.6. The summed E-state index contributed by atoms with van der Waals surface area (Å²) in [5, 5.41) is 16.2. The molecule has 13 heteroatoms. The lowest BCUT2D eigenvalue weighted by Gasteiger charge is -2.33. The van der Waals surface area contributed by atoms with E-state index in [4.69, 9.17) is 20.9 Å². The summed E-state index contributed by atoms with van der Waals surface area (Å²) in [6, 6.07) is 9.14. The van der Waals surface area contributed by atoms with E-state index >= 15 is 0 Å². The molecule has 0 aliphatic carbocycles. The minimum Gasteiger partial charge on any atom is -0.475 e. The van der Waals surface area contributed by atoms with Gasteiger partial charge in [0.05, 0.1) is 23.1 Å². The summed E-state index contributed by atoms with van der Waals surface area (Å²) in [5.41, 5.74) is 7.04. The number of rotatable bonds is 7. The molecule has 1 fully saturated rings. The van der Waals surface area contributed by atoms with Crippen LogP contribution in [0.5, 0.6) is 0 Å². The van der Waals surface area contributed by atoms with Crippen LogP contribution in [0.1, 0.15) is 32.3 Å². The minimum absolute atomic E-state index is 0.0702. The molecule has 0 aromatic heterocycles. The van der Waals surface area contributed by atoms with Crippen LogP contribution in [0.4, 0.5) is 17.6 Å². The first-order valence-electron chi connectivity index (χ1n) is 10.2. The van der Waals surface area contributed by atoms with Gasteiger partial charge in [-0.3, -0.25) is 4.79 Å². The van der Waals surface area contributed by atoms with E-state index in [0.717, 1.165) is 10.5 Å². The second-order valence-corrected chi connectivity index (χ2v) is 11.0. The summed E-state index contributed by atoms with van der Waals surface area (Å²) < 4.78 is 69.5. The number of alkyl halides is 4. The first-order chi connectivity index (χ1) is 15.5. The Kier molecular flexibility index (Phi) is 10.0. The number of carbonyl (C=O) groups is 2. The van der Waals surface area contributed by atoms with Crippen molar-refractivity contribution in [3.05, 3.63) is 35.9 Å². The minimum atomic E-state index is -5.08. The Morgan fingerprint density at radius 3 is 2.26 bits per heavy atom. The van der Waals surface area contributed by atoms with Crippen LogP contribution in [0.15, 0.2) is 30.3 Å². The molecule has 1 aliphatic rings. The number of carboxylic acids is 1. The van der Waals surface area contributed by atoms with Crippen molar-refractivity contribution in [2.24, 2.45) is 5.73 Å². The van der Waals surface area contributed by atoms with Gasteiger partial charge in [-0.1, -0.05) is 30.3 Å². The lowest BCUT2D eigenvalue weighted by molar-refractivity contribution is -0.192. The number of likely N-dealkylation sites (tertiary alicyclic amines) is 1. The molecule has 190 valence electrons. The highest BCUT2D eigenvalue weighted by Gasteiger charge is 2.47. The molecule has 0 spiro atoms. The Morgan fingerprint density at radius 1 is 1.26 bits per heavy atom. The number of hydrogen-bond acceptors (Lipinski definition) is 6. The van der Waals surface area contributed by atoms with Crippen LogP contribution in [0.3, 0.4) is 0 Å². The second kappa shape index (κ2) is 11.6. The average Bonchev–Trinajstić information content (AvgIpc) is 3.13. The third-order valence-corrected chi connectivity index (χ3v) is 8.15. The van der Waals surface area contributed by atoms with Gasteiger partial charge in [0, 0.05) is 6.42 Å². The van der Waals surface area contributed by atoms with Crippen LogP contribution < -0.4 is 5.73 Å². The van der Waals surface area contributed by atoms with E-state index in [1.54, 1.807) is 0 Å². The van der Waals surface area contributed by atoms with Crippen molar-refractivity contribution in [1.82, 2.24) is 4.90 Å². The number of hydrogen-bond donors (Lipinski definition) is 2. The van der Waals surface area contributed by atoms with Gasteiger partial charge in [0.2, 0.25) is 5.91 Å². The molecule has 1 amide bonds. The van der Waals surface area contributed by atoms with Crippen molar-refractivity contribution < 1.29 is 40.7 Å². The zero-order chi connectivity index (χ0) is 26.3. The van der Waals surface area contributed by atoms with Crippen LogP contribution in [0, 0.1) is 11.3 Å². The molecule has 0 unspecified atom stereocenters. The molecule has 1 saturated heterocycles. The van der Waals surface area contributed by atoms with Crippen LogP contribution in [0.25, 0.3) is 0 Å². The molecule has 8 nitrogen and oxygen atoms in total. The summed E-state index contributed by atoms with van der Waals surface area (Å²) in [6.45, 7) is 2.60. The third-order valence-electron chi connectivity index (χ3n) is 5.46. The highest BCUT2D eigenvalue weighted by molar-refractivity contribution is 7.92. The number of nitrogens with two attached hydrogens (primary N) is 1. The van der Waals surface area contributed by atoms with E-state index in [0.29, 0.717) is 12.8 Å². The fourth-order valence-electron chi connectivity index (χ4n) is 3.19. The van der Waals surface area contributed by atoms with E-state index < -0.39 is 50.9 Å². The molecule has 0 bridgehead atoms. The Balaban J connectivity index is 0.000000718. The molecule has 1 aliphatic heterocycles. The third kappa shape index (κ3) is 7.66. The number of benzene rings is 1. The fraction of sp³-hybridized carbons (Fsp3) is 0.571. The molecule has 1 aromatic carbocycles. The summed E-state index contributed by atoms with van der Waals surface area (Å²) >= 11 is 0. The summed E-state index contributed by atoms with van der Waals surface area (Å²) in [6.07, 6.45) is -5.44. The Labute approximate surface area is 195 Å². The Bertz CT molecular complexity index is 994. The topological polar surface area (TPSA) is 142 Å². The smallest absolute Gasteiger partial charge is 0.475 e. The van der Waals surface area contributed by atoms with Crippen molar-refractivity contribution >= 4 is 21.7 Å². The number of carbonyl (C=O) groups excluding carboxylic acids is 1. The van der Waals surface area contributed by atoms with Crippen molar-refractivity contribution in [3.63, 3.8) is 0 Å². The lowest BCUT2D eigenvalue weighted by atomic mass is 10.0. The SMILES string of the molecule is CC(C)([C@H](N)C(=O)N1C[C@@H](F)C[C@H]1C#N)S(=O)(=O)CCCc1ccccc1.O=C(O)C(F)(F)F. The summed E-state index contributed by atoms with van der Waals surface area (Å²) in [7, 11) is -3.69. The molecule has 3 atom stereocenters. The molecule has 1 aromatic rings. The quantitative estimate of drug-likeness (QED) is 0.537. The number of aryl methyl sites for hydroxylation is 1. The number of nitrogens with zero attached hydrogens (tertiary/aromatic N) is 2. The largest absolute Gasteiger partial charge is 0.490 e. The molecule has 0 saturated carbocycles. The predicted molar refractivity (Wildman–Crippen MR) is 115 cm³/mol. The summed E-state index contributed by atoms with van der Waals surface area (Å²) in [5.74, 6) is -3.56. The van der Waals surface area contributed by atoms with Crippen LogP contribution in [-0.2, 0) is 25.8 Å². The Hall–Kier alpha value is -2.72. The maximum absolute atomic E-state index is 13.6. The number of sulfone groups is 1. The van der Waals surface area contributed by atoms with Gasteiger partial charge in [-0.05, 0) is 32.3 Å². The van der Waals surface area contributed by atoms with Gasteiger partial charge in [-0.25, -0.2) is 17.6 Å². The van der Waals surface area contributed by atoms with Gasteiger partial charge in [-0.2, -0.15) is 18.4 Å². The van der Waals surface area contributed by atoms with Crippen LogP contribution in [0.2, 0.25) is 0 Å². The van der Waals surface area contributed by atoms with Gasteiger partial charge in [0.15, 0.2) is 9.84 Å². The maximum Gasteiger partial charge on any atom is 0.490 e. The predicted octanol–water partition coefficient (Wildman–Crippen LogP) is 2.24. The Morgan fingerprint density at radius 2 is 1.79 bits per heavy atom. The number of amides is 1. The van der Waals surface area contributed by atoms with Gasteiger partial charge >= 0.3 is 12.1 Å². The molecule has 34 heavy (non-hydrogen) atoms. The molecule has 3 N–H and O–H groups in total. The maximum atomic E-state index is 13.6. The van der Waals surface area contributed by atoms with E-state index in [1.807, 2.05) is 36.4 Å². The monoisotopic (exact) mass is 509 g/mol. The van der Waals surface area contributed by atoms with Crippen LogP contribution in [-0.4, -0.2) is 71.8 Å². The molecule has 1 heterocycles. The van der Waals surface area contributed by atoms with Crippen molar-refractivity contribution in [1.29, 1.82) is 5.26 Å². The zero-order valence-corrected chi connectivity index (χ0v) is 19.4. The first kappa shape index (κ1) is 29.3. The van der Waals surface area contributed by atoms with E-state index in [-0.39, 0.29) is 18.7 Å². The van der Waals surface area contributed by atoms with E-state index in [2.05, 4.69) is 0 Å². The molecule has 2 rings (SSSR count). The highest BCUT2D eigenvalue weighted by atomic mass is 32.2. The average molecular weight is 510 g/mol. The standard InChI is InChI=1S/C19H26FN3O3S.C2HF3O2/c1-19(2,17(22)18(24)23-13-15(20)11-16(23)12-21)27(25,26)10-6-9-14-7-4-3-5-8-14;3-2(4,5)1(6)7/h3-5,7-8,15-17H,6,9-11,13,22H2,1-2H3;(H,6,7)/t15-,16-,17+;/m0./s1. The fourth-order valence-corrected chi connectivity index (χ4v) is 4.73. The number of carboxylic acid groups (broad SMARTS) is 1. The lowest BCUT2D eigenvalue weighted by Crippen LogP contribution is -2.59. The number of aliphatic carboxylic acids is 1. The van der Waals surface area contributed by atoms with Crippen LogP contribution >= 0.6 is 0 Å². The molecule has 0 radical (unpaired) electrons. The van der Waals surface area contributed by atoms with Gasteiger partial charge in [0.1, 0.15) is 18.3 Å². The number of halogens is 4. The second-order valence-electron chi connectivity index (χ2n) is 8.26. The van der Waals surface area contributed by atoms with E-state index in [1.165, 1.54) is 13.8 Å². The zero-order valence-electron chi connectivity index (χ0n) is 18.6. The van der Waals surface area contributed by atoms with Crippen molar-refractivity contribution in [3.8, 4) is 6.07 Å².